The summed E-state index contributed by atoms with van der Waals surface area (Å²) in [6.45, 7) is 1.44. The third-order valence-corrected chi connectivity index (χ3v) is 4.81. The SMILES string of the molecule is CN(C)Cc1cc(-c2ccc(CNC(=O)[C@@H]3CC=CCC3)cc2)nn1C. The zero-order chi connectivity index (χ0) is 18.5. The van der Waals surface area contributed by atoms with Crippen molar-refractivity contribution >= 4 is 5.91 Å². The Kier molecular flexibility index (Phi) is 5.89. The fourth-order valence-electron chi connectivity index (χ4n) is 3.28. The number of carbonyl (C=O) groups is 1. The van der Waals surface area contributed by atoms with E-state index in [9.17, 15) is 4.79 Å². The van der Waals surface area contributed by atoms with Crippen molar-refractivity contribution in [3.8, 4) is 11.3 Å². The molecule has 1 heterocycles. The van der Waals surface area contributed by atoms with Gasteiger partial charge in [-0.3, -0.25) is 9.48 Å². The van der Waals surface area contributed by atoms with Crippen molar-refractivity contribution in [3.05, 3.63) is 53.7 Å². The first kappa shape index (κ1) is 18.4. The van der Waals surface area contributed by atoms with Crippen molar-refractivity contribution < 1.29 is 4.79 Å². The highest BCUT2D eigenvalue weighted by Gasteiger charge is 2.18. The van der Waals surface area contributed by atoms with Gasteiger partial charge < -0.3 is 10.2 Å². The zero-order valence-corrected chi connectivity index (χ0v) is 15.9. The summed E-state index contributed by atoms with van der Waals surface area (Å²) < 4.78 is 1.93. The summed E-state index contributed by atoms with van der Waals surface area (Å²) in [4.78, 5) is 14.4. The summed E-state index contributed by atoms with van der Waals surface area (Å²) in [7, 11) is 6.09. The fraction of sp³-hybridized carbons (Fsp3) is 0.429. The molecule has 26 heavy (non-hydrogen) atoms. The van der Waals surface area contributed by atoms with Crippen LogP contribution in [-0.4, -0.2) is 34.7 Å². The van der Waals surface area contributed by atoms with Crippen molar-refractivity contribution in [1.82, 2.24) is 20.0 Å². The maximum Gasteiger partial charge on any atom is 0.223 e. The first-order chi connectivity index (χ1) is 12.5. The minimum Gasteiger partial charge on any atom is -0.352 e. The molecule has 138 valence electrons. The Labute approximate surface area is 155 Å². The standard InChI is InChI=1S/C21H28N4O/c1-24(2)15-19-13-20(23-25(19)3)17-11-9-16(10-12-17)14-22-21(26)18-7-5-4-6-8-18/h4-5,9-13,18H,6-8,14-15H2,1-3H3,(H,22,26)/t18-/m1/s1. The van der Waals surface area contributed by atoms with Gasteiger partial charge in [0, 0.05) is 31.6 Å². The second kappa shape index (κ2) is 8.32. The number of amides is 1. The molecular weight excluding hydrogens is 324 g/mol. The van der Waals surface area contributed by atoms with Crippen LogP contribution >= 0.6 is 0 Å². The van der Waals surface area contributed by atoms with Gasteiger partial charge in [-0.25, -0.2) is 0 Å². The van der Waals surface area contributed by atoms with E-state index in [1.165, 1.54) is 5.69 Å². The second-order valence-electron chi connectivity index (χ2n) is 7.28. The van der Waals surface area contributed by atoms with Crippen LogP contribution in [0.5, 0.6) is 0 Å². The highest BCUT2D eigenvalue weighted by atomic mass is 16.1. The molecule has 1 aliphatic carbocycles. The van der Waals surface area contributed by atoms with Gasteiger partial charge in [0.2, 0.25) is 5.91 Å². The molecule has 0 radical (unpaired) electrons. The quantitative estimate of drug-likeness (QED) is 0.813. The molecule has 0 spiro atoms. The third-order valence-electron chi connectivity index (χ3n) is 4.81. The molecule has 3 rings (SSSR count). The van der Waals surface area contributed by atoms with Crippen molar-refractivity contribution in [1.29, 1.82) is 0 Å². The van der Waals surface area contributed by atoms with E-state index in [2.05, 4.69) is 71.9 Å². The van der Waals surface area contributed by atoms with Crippen molar-refractivity contribution in [2.75, 3.05) is 14.1 Å². The Hall–Kier alpha value is -2.40. The summed E-state index contributed by atoms with van der Waals surface area (Å²) in [6, 6.07) is 10.4. The van der Waals surface area contributed by atoms with Crippen LogP contribution in [-0.2, 0) is 24.9 Å². The molecule has 0 saturated carbocycles. The van der Waals surface area contributed by atoms with E-state index >= 15 is 0 Å². The molecule has 1 atom stereocenters. The molecule has 2 aromatic rings. The van der Waals surface area contributed by atoms with Crippen LogP contribution in [0.4, 0.5) is 0 Å². The number of aromatic nitrogens is 2. The molecule has 5 heteroatoms. The maximum atomic E-state index is 12.2. The Bertz CT molecular complexity index is 774. The van der Waals surface area contributed by atoms with E-state index in [0.717, 1.165) is 42.6 Å². The molecule has 0 fully saturated rings. The molecule has 0 unspecified atom stereocenters. The topological polar surface area (TPSA) is 50.2 Å². The van der Waals surface area contributed by atoms with Crippen LogP contribution < -0.4 is 5.32 Å². The predicted octanol–water partition coefficient (Wildman–Crippen LogP) is 3.12. The first-order valence-corrected chi connectivity index (χ1v) is 9.22. The number of hydrogen-bond donors (Lipinski definition) is 1. The lowest BCUT2D eigenvalue weighted by molar-refractivity contribution is -0.125. The molecule has 0 aliphatic heterocycles. The van der Waals surface area contributed by atoms with Gasteiger partial charge in [0.1, 0.15) is 0 Å². The van der Waals surface area contributed by atoms with Gasteiger partial charge in [-0.05, 0) is 45.0 Å². The number of hydrogen-bond acceptors (Lipinski definition) is 3. The van der Waals surface area contributed by atoms with E-state index in [-0.39, 0.29) is 11.8 Å². The van der Waals surface area contributed by atoms with Crippen molar-refractivity contribution in [3.63, 3.8) is 0 Å². The maximum absolute atomic E-state index is 12.2. The Morgan fingerprint density at radius 2 is 2.04 bits per heavy atom. The summed E-state index contributed by atoms with van der Waals surface area (Å²) in [6.07, 6.45) is 7.09. The van der Waals surface area contributed by atoms with Crippen LogP contribution in [0.2, 0.25) is 0 Å². The number of rotatable bonds is 6. The number of nitrogens with zero attached hydrogens (tertiary/aromatic N) is 3. The Morgan fingerprint density at radius 1 is 1.27 bits per heavy atom. The minimum absolute atomic E-state index is 0.128. The number of carbonyl (C=O) groups excluding carboxylic acids is 1. The van der Waals surface area contributed by atoms with Gasteiger partial charge in [-0.2, -0.15) is 5.10 Å². The fourth-order valence-corrected chi connectivity index (χ4v) is 3.28. The van der Waals surface area contributed by atoms with E-state index in [0.29, 0.717) is 6.54 Å². The average molecular weight is 352 g/mol. The van der Waals surface area contributed by atoms with Crippen molar-refractivity contribution in [2.24, 2.45) is 13.0 Å². The number of benzene rings is 1. The lowest BCUT2D eigenvalue weighted by atomic mass is 9.93. The number of allylic oxidation sites excluding steroid dienone is 2. The van der Waals surface area contributed by atoms with Gasteiger partial charge >= 0.3 is 0 Å². The predicted molar refractivity (Wildman–Crippen MR) is 104 cm³/mol. The molecule has 1 aromatic carbocycles. The molecule has 0 bridgehead atoms. The average Bonchev–Trinajstić information content (AvgIpc) is 3.00. The van der Waals surface area contributed by atoms with E-state index in [4.69, 9.17) is 0 Å². The van der Waals surface area contributed by atoms with Gasteiger partial charge in [-0.15, -0.1) is 0 Å². The zero-order valence-electron chi connectivity index (χ0n) is 15.9. The smallest absolute Gasteiger partial charge is 0.223 e. The highest BCUT2D eigenvalue weighted by molar-refractivity contribution is 5.79. The van der Waals surface area contributed by atoms with Crippen LogP contribution in [0.3, 0.4) is 0 Å². The summed E-state index contributed by atoms with van der Waals surface area (Å²) in [5.74, 6) is 0.291. The highest BCUT2D eigenvalue weighted by Crippen LogP contribution is 2.21. The van der Waals surface area contributed by atoms with Crippen LogP contribution in [0.1, 0.15) is 30.5 Å². The molecule has 1 aromatic heterocycles. The number of nitrogens with one attached hydrogen (secondary N) is 1. The normalized spacial score (nSPS) is 16.8. The van der Waals surface area contributed by atoms with Gasteiger partial charge in [0.25, 0.3) is 0 Å². The third kappa shape index (κ3) is 4.61. The lowest BCUT2D eigenvalue weighted by Crippen LogP contribution is -2.30. The summed E-state index contributed by atoms with van der Waals surface area (Å²) >= 11 is 0. The van der Waals surface area contributed by atoms with Gasteiger partial charge in [0.15, 0.2) is 0 Å². The van der Waals surface area contributed by atoms with Gasteiger partial charge in [-0.1, -0.05) is 36.4 Å². The van der Waals surface area contributed by atoms with Crippen LogP contribution in [0.25, 0.3) is 11.3 Å². The van der Waals surface area contributed by atoms with E-state index in [1.54, 1.807) is 0 Å². The monoisotopic (exact) mass is 352 g/mol. The molecule has 1 aliphatic rings. The summed E-state index contributed by atoms with van der Waals surface area (Å²) in [5, 5.41) is 7.68. The molecule has 5 nitrogen and oxygen atoms in total. The minimum atomic E-state index is 0.128. The summed E-state index contributed by atoms with van der Waals surface area (Å²) in [5.41, 5.74) is 4.37. The van der Waals surface area contributed by atoms with E-state index < -0.39 is 0 Å². The second-order valence-corrected chi connectivity index (χ2v) is 7.28. The van der Waals surface area contributed by atoms with E-state index in [1.807, 2.05) is 11.7 Å². The van der Waals surface area contributed by atoms with Crippen LogP contribution in [0, 0.1) is 5.92 Å². The van der Waals surface area contributed by atoms with Crippen LogP contribution in [0.15, 0.2) is 42.5 Å². The molecule has 0 saturated heterocycles. The van der Waals surface area contributed by atoms with Gasteiger partial charge in [0.05, 0.1) is 11.4 Å². The lowest BCUT2D eigenvalue weighted by Gasteiger charge is -2.17. The molecule has 1 amide bonds. The molecular formula is C21H28N4O. The Balaban J connectivity index is 1.60. The number of aryl methyl sites for hydroxylation is 1. The Morgan fingerprint density at radius 3 is 2.69 bits per heavy atom. The first-order valence-electron chi connectivity index (χ1n) is 9.22. The largest absolute Gasteiger partial charge is 0.352 e. The van der Waals surface area contributed by atoms with Crippen molar-refractivity contribution in [2.45, 2.75) is 32.4 Å². The molecule has 1 N–H and O–H groups in total.